The second-order valence-corrected chi connectivity index (χ2v) is 5.12. The van der Waals surface area contributed by atoms with Crippen LogP contribution in [0.2, 0.25) is 0 Å². The molecule has 0 atom stereocenters. The fraction of sp³-hybridized carbons (Fsp3) is 0.214. The highest BCUT2D eigenvalue weighted by Gasteiger charge is 2.05. The summed E-state index contributed by atoms with van der Waals surface area (Å²) >= 11 is 1.72. The van der Waals surface area contributed by atoms with Crippen LogP contribution in [0.1, 0.15) is 11.1 Å². The maximum atomic E-state index is 8.70. The van der Waals surface area contributed by atoms with Gasteiger partial charge in [0.25, 0.3) is 0 Å². The molecule has 100 valence electrons. The van der Waals surface area contributed by atoms with Crippen LogP contribution in [0.4, 0.5) is 5.69 Å². The van der Waals surface area contributed by atoms with E-state index in [1.54, 1.807) is 11.3 Å². The van der Waals surface area contributed by atoms with Crippen molar-refractivity contribution in [3.63, 3.8) is 0 Å². The lowest BCUT2D eigenvalue weighted by molar-refractivity contribution is 0.318. The van der Waals surface area contributed by atoms with Gasteiger partial charge in [0.15, 0.2) is 5.84 Å². The number of hydrogen-bond donors (Lipinski definition) is 2. The maximum absolute atomic E-state index is 8.70. The number of thiophene rings is 1. The highest BCUT2D eigenvalue weighted by Crippen LogP contribution is 2.16. The van der Waals surface area contributed by atoms with Gasteiger partial charge in [-0.15, -0.1) is 0 Å². The van der Waals surface area contributed by atoms with Gasteiger partial charge in [-0.3, -0.25) is 0 Å². The van der Waals surface area contributed by atoms with E-state index in [-0.39, 0.29) is 5.84 Å². The number of oxime groups is 1. The van der Waals surface area contributed by atoms with E-state index in [9.17, 15) is 0 Å². The van der Waals surface area contributed by atoms with E-state index in [0.717, 1.165) is 24.2 Å². The molecule has 0 amide bonds. The zero-order chi connectivity index (χ0) is 13.7. The van der Waals surface area contributed by atoms with Gasteiger partial charge in [0.2, 0.25) is 0 Å². The summed E-state index contributed by atoms with van der Waals surface area (Å²) in [5, 5.41) is 16.0. The summed E-state index contributed by atoms with van der Waals surface area (Å²) in [4.78, 5) is 2.16. The van der Waals surface area contributed by atoms with Crippen LogP contribution in [0.5, 0.6) is 0 Å². The van der Waals surface area contributed by atoms with Crippen molar-refractivity contribution in [1.29, 1.82) is 0 Å². The summed E-state index contributed by atoms with van der Waals surface area (Å²) in [6, 6.07) is 9.81. The maximum Gasteiger partial charge on any atom is 0.170 e. The lowest BCUT2D eigenvalue weighted by Gasteiger charge is -2.19. The van der Waals surface area contributed by atoms with E-state index < -0.39 is 0 Å². The molecule has 3 N–H and O–H groups in total. The van der Waals surface area contributed by atoms with Crippen LogP contribution >= 0.6 is 11.3 Å². The Morgan fingerprint density at radius 2 is 2.26 bits per heavy atom. The van der Waals surface area contributed by atoms with E-state index in [1.807, 2.05) is 31.3 Å². The smallest absolute Gasteiger partial charge is 0.170 e. The van der Waals surface area contributed by atoms with Crippen LogP contribution in [0.25, 0.3) is 0 Å². The van der Waals surface area contributed by atoms with Crippen LogP contribution in [0.3, 0.4) is 0 Å². The number of hydrogen-bond acceptors (Lipinski definition) is 4. The Morgan fingerprint density at radius 1 is 1.42 bits per heavy atom. The fourth-order valence-electron chi connectivity index (χ4n) is 1.82. The number of benzene rings is 1. The number of nitrogens with two attached hydrogens (primary N) is 1. The van der Waals surface area contributed by atoms with Gasteiger partial charge < -0.3 is 15.8 Å². The van der Waals surface area contributed by atoms with Crippen molar-refractivity contribution in [2.45, 2.75) is 6.42 Å². The average Bonchev–Trinajstić information content (AvgIpc) is 2.97. The van der Waals surface area contributed by atoms with Crippen LogP contribution < -0.4 is 10.6 Å². The molecule has 2 aromatic rings. The van der Waals surface area contributed by atoms with Crippen LogP contribution in [0, 0.1) is 0 Å². The number of nitrogens with zero attached hydrogens (tertiary/aromatic N) is 2. The summed E-state index contributed by atoms with van der Waals surface area (Å²) in [5.41, 5.74) is 8.73. The van der Waals surface area contributed by atoms with Crippen molar-refractivity contribution < 1.29 is 5.21 Å². The first kappa shape index (κ1) is 13.4. The quantitative estimate of drug-likeness (QED) is 0.381. The molecule has 0 aliphatic carbocycles. The predicted molar refractivity (Wildman–Crippen MR) is 80.2 cm³/mol. The lowest BCUT2D eigenvalue weighted by atomic mass is 10.1. The zero-order valence-electron chi connectivity index (χ0n) is 10.8. The normalized spacial score (nSPS) is 11.5. The minimum Gasteiger partial charge on any atom is -0.409 e. The Morgan fingerprint density at radius 3 is 2.95 bits per heavy atom. The molecular weight excluding hydrogens is 258 g/mol. The molecule has 0 bridgehead atoms. The van der Waals surface area contributed by atoms with Crippen molar-refractivity contribution in [3.05, 3.63) is 52.2 Å². The monoisotopic (exact) mass is 275 g/mol. The van der Waals surface area contributed by atoms with Crippen molar-refractivity contribution in [2.24, 2.45) is 10.9 Å². The lowest BCUT2D eigenvalue weighted by Crippen LogP contribution is -2.21. The summed E-state index contributed by atoms with van der Waals surface area (Å²) in [6.45, 7) is 0.927. The first-order valence-corrected chi connectivity index (χ1v) is 6.95. The highest BCUT2D eigenvalue weighted by molar-refractivity contribution is 7.07. The van der Waals surface area contributed by atoms with Crippen molar-refractivity contribution in [2.75, 3.05) is 18.5 Å². The SMILES string of the molecule is CN(CCc1ccsc1)c1cccc(C(N)=NO)c1. The molecule has 1 aromatic heterocycles. The second-order valence-electron chi connectivity index (χ2n) is 4.34. The first-order chi connectivity index (χ1) is 9.20. The third kappa shape index (κ3) is 3.48. The van der Waals surface area contributed by atoms with E-state index in [4.69, 9.17) is 10.9 Å². The Bertz CT molecular complexity index is 552. The molecule has 5 heteroatoms. The van der Waals surface area contributed by atoms with Gasteiger partial charge in [-0.25, -0.2) is 0 Å². The van der Waals surface area contributed by atoms with Gasteiger partial charge in [-0.05, 0) is 40.9 Å². The number of anilines is 1. The Labute approximate surface area is 116 Å². The number of rotatable bonds is 5. The van der Waals surface area contributed by atoms with Gasteiger partial charge in [-0.2, -0.15) is 11.3 Å². The van der Waals surface area contributed by atoms with Gasteiger partial charge in [0, 0.05) is 24.8 Å². The fourth-order valence-corrected chi connectivity index (χ4v) is 2.52. The molecule has 0 fully saturated rings. The second kappa shape index (κ2) is 6.24. The summed E-state index contributed by atoms with van der Waals surface area (Å²) in [5.74, 6) is 0.132. The van der Waals surface area contributed by atoms with Gasteiger partial charge >= 0.3 is 0 Å². The van der Waals surface area contributed by atoms with Gasteiger partial charge in [-0.1, -0.05) is 17.3 Å². The molecule has 0 aliphatic rings. The Hall–Kier alpha value is -2.01. The summed E-state index contributed by atoms with van der Waals surface area (Å²) in [7, 11) is 2.04. The van der Waals surface area contributed by atoms with E-state index in [1.165, 1.54) is 5.56 Å². The molecule has 0 saturated carbocycles. The average molecular weight is 275 g/mol. The Balaban J connectivity index is 2.04. The van der Waals surface area contributed by atoms with Crippen molar-refractivity contribution >= 4 is 22.9 Å². The largest absolute Gasteiger partial charge is 0.409 e. The molecule has 1 heterocycles. The third-order valence-corrected chi connectivity index (χ3v) is 3.74. The molecule has 1 aromatic carbocycles. The van der Waals surface area contributed by atoms with Gasteiger partial charge in [0.05, 0.1) is 0 Å². The zero-order valence-corrected chi connectivity index (χ0v) is 11.6. The standard InChI is InChI=1S/C14H17N3OS/c1-17(7-5-11-6-8-19-10-11)13-4-2-3-12(9-13)14(15)16-18/h2-4,6,8-10,18H,5,7H2,1H3,(H2,15,16). The number of amidine groups is 1. The molecule has 19 heavy (non-hydrogen) atoms. The predicted octanol–water partition coefficient (Wildman–Crippen LogP) is 2.52. The molecule has 0 saturated heterocycles. The molecule has 4 nitrogen and oxygen atoms in total. The number of likely N-dealkylation sites (N-methyl/N-ethyl adjacent to an activating group) is 1. The molecule has 0 unspecified atom stereocenters. The minimum atomic E-state index is 0.132. The van der Waals surface area contributed by atoms with Crippen molar-refractivity contribution in [1.82, 2.24) is 0 Å². The van der Waals surface area contributed by atoms with Crippen LogP contribution in [-0.2, 0) is 6.42 Å². The highest BCUT2D eigenvalue weighted by atomic mass is 32.1. The molecular formula is C14H17N3OS. The van der Waals surface area contributed by atoms with Crippen LogP contribution in [-0.4, -0.2) is 24.6 Å². The van der Waals surface area contributed by atoms with Crippen LogP contribution in [0.15, 0.2) is 46.2 Å². The van der Waals surface area contributed by atoms with Gasteiger partial charge in [0.1, 0.15) is 0 Å². The van der Waals surface area contributed by atoms with E-state index in [0.29, 0.717) is 0 Å². The Kier molecular flexibility index (Phi) is 4.41. The van der Waals surface area contributed by atoms with Crippen molar-refractivity contribution in [3.8, 4) is 0 Å². The summed E-state index contributed by atoms with van der Waals surface area (Å²) < 4.78 is 0. The van der Waals surface area contributed by atoms with E-state index in [2.05, 4.69) is 26.9 Å². The van der Waals surface area contributed by atoms with E-state index >= 15 is 0 Å². The summed E-state index contributed by atoms with van der Waals surface area (Å²) in [6.07, 6.45) is 1.01. The molecule has 0 radical (unpaired) electrons. The molecule has 0 spiro atoms. The first-order valence-electron chi connectivity index (χ1n) is 6.01. The minimum absolute atomic E-state index is 0.132. The molecule has 0 aliphatic heterocycles. The topological polar surface area (TPSA) is 61.8 Å². The molecule has 2 rings (SSSR count). The third-order valence-electron chi connectivity index (χ3n) is 3.01.